The predicted octanol–water partition coefficient (Wildman–Crippen LogP) is 1.31. The van der Waals surface area contributed by atoms with Crippen LogP contribution >= 0.6 is 0 Å². The number of rotatable bonds is 1. The lowest BCUT2D eigenvalue weighted by molar-refractivity contribution is 0.212. The average molecular weight is 138 g/mol. The first kappa shape index (κ1) is 7.07. The van der Waals surface area contributed by atoms with Gasteiger partial charge in [0.15, 0.2) is 0 Å². The van der Waals surface area contributed by atoms with E-state index in [4.69, 9.17) is 5.26 Å². The number of nitriles is 1. The molecular weight excluding hydrogens is 128 g/mol. The standard InChI is InChI=1S/C7H10N2O/c1-10-9-7-3-2-6(4-7)5-8/h6H,2-4H2,1H3. The second kappa shape index (κ2) is 3.21. The van der Waals surface area contributed by atoms with E-state index in [0.717, 1.165) is 25.0 Å². The van der Waals surface area contributed by atoms with Gasteiger partial charge in [-0.3, -0.25) is 0 Å². The van der Waals surface area contributed by atoms with Crippen LogP contribution < -0.4 is 0 Å². The smallest absolute Gasteiger partial charge is 0.106 e. The molecule has 0 aromatic rings. The van der Waals surface area contributed by atoms with Crippen molar-refractivity contribution in [2.24, 2.45) is 11.1 Å². The lowest BCUT2D eigenvalue weighted by Crippen LogP contribution is -1.92. The Balaban J connectivity index is 2.44. The zero-order chi connectivity index (χ0) is 7.40. The first-order chi connectivity index (χ1) is 4.86. The summed E-state index contributed by atoms with van der Waals surface area (Å²) in [6, 6.07) is 2.22. The molecule has 54 valence electrons. The van der Waals surface area contributed by atoms with Crippen LogP contribution in [0.4, 0.5) is 0 Å². The summed E-state index contributed by atoms with van der Waals surface area (Å²) in [6.45, 7) is 0. The molecule has 0 aromatic carbocycles. The van der Waals surface area contributed by atoms with Crippen molar-refractivity contribution in [3.8, 4) is 6.07 Å². The molecule has 0 heterocycles. The summed E-state index contributed by atoms with van der Waals surface area (Å²) >= 11 is 0. The lowest BCUT2D eigenvalue weighted by atomic mass is 10.1. The normalized spacial score (nSPS) is 28.4. The van der Waals surface area contributed by atoms with E-state index < -0.39 is 0 Å². The van der Waals surface area contributed by atoms with E-state index in [-0.39, 0.29) is 5.92 Å². The van der Waals surface area contributed by atoms with E-state index in [0.29, 0.717) is 0 Å². The Morgan fingerprint density at radius 3 is 3.10 bits per heavy atom. The molecule has 0 amide bonds. The van der Waals surface area contributed by atoms with Gasteiger partial charge in [-0.1, -0.05) is 5.16 Å². The molecule has 1 rings (SSSR count). The number of hydrogen-bond donors (Lipinski definition) is 0. The minimum Gasteiger partial charge on any atom is -0.399 e. The summed E-state index contributed by atoms with van der Waals surface area (Å²) in [5, 5.41) is 12.3. The Morgan fingerprint density at radius 1 is 1.80 bits per heavy atom. The van der Waals surface area contributed by atoms with Crippen molar-refractivity contribution in [2.75, 3.05) is 7.11 Å². The van der Waals surface area contributed by atoms with Crippen LogP contribution in [0.25, 0.3) is 0 Å². The molecule has 1 atom stereocenters. The molecule has 0 aromatic heterocycles. The SMILES string of the molecule is CON=C1CCC(C#N)C1. The highest BCUT2D eigenvalue weighted by atomic mass is 16.6. The average Bonchev–Trinajstić information content (AvgIpc) is 2.37. The molecule has 10 heavy (non-hydrogen) atoms. The van der Waals surface area contributed by atoms with E-state index in [9.17, 15) is 0 Å². The summed E-state index contributed by atoms with van der Waals surface area (Å²) in [6.07, 6.45) is 2.66. The van der Waals surface area contributed by atoms with Gasteiger partial charge in [0.05, 0.1) is 17.7 Å². The van der Waals surface area contributed by atoms with Crippen molar-refractivity contribution in [2.45, 2.75) is 19.3 Å². The predicted molar refractivity (Wildman–Crippen MR) is 37.4 cm³/mol. The summed E-state index contributed by atoms with van der Waals surface area (Å²) in [5.41, 5.74) is 1.02. The molecule has 0 saturated heterocycles. The second-order valence-electron chi connectivity index (χ2n) is 2.41. The van der Waals surface area contributed by atoms with Crippen LogP contribution in [-0.4, -0.2) is 12.8 Å². The first-order valence-corrected chi connectivity index (χ1v) is 3.35. The highest BCUT2D eigenvalue weighted by Crippen LogP contribution is 2.21. The van der Waals surface area contributed by atoms with Gasteiger partial charge in [0.2, 0.25) is 0 Å². The fourth-order valence-corrected chi connectivity index (χ4v) is 1.15. The van der Waals surface area contributed by atoms with Crippen molar-refractivity contribution >= 4 is 5.71 Å². The third-order valence-corrected chi connectivity index (χ3v) is 1.67. The van der Waals surface area contributed by atoms with E-state index in [1.54, 1.807) is 0 Å². The Bertz CT molecular complexity index is 181. The maximum atomic E-state index is 8.51. The fourth-order valence-electron chi connectivity index (χ4n) is 1.15. The summed E-state index contributed by atoms with van der Waals surface area (Å²) in [7, 11) is 1.53. The lowest BCUT2D eigenvalue weighted by Gasteiger charge is -1.91. The maximum absolute atomic E-state index is 8.51. The molecule has 1 saturated carbocycles. The number of nitrogens with zero attached hydrogens (tertiary/aromatic N) is 2. The molecule has 0 aliphatic heterocycles. The van der Waals surface area contributed by atoms with Crippen molar-refractivity contribution in [3.05, 3.63) is 0 Å². The molecule has 1 aliphatic rings. The Morgan fingerprint density at radius 2 is 2.60 bits per heavy atom. The zero-order valence-corrected chi connectivity index (χ0v) is 6.00. The van der Waals surface area contributed by atoms with Gasteiger partial charge in [-0.05, 0) is 12.8 Å². The summed E-state index contributed by atoms with van der Waals surface area (Å²) in [4.78, 5) is 4.60. The van der Waals surface area contributed by atoms with Gasteiger partial charge < -0.3 is 4.84 Å². The zero-order valence-electron chi connectivity index (χ0n) is 6.00. The summed E-state index contributed by atoms with van der Waals surface area (Å²) < 4.78 is 0. The third-order valence-electron chi connectivity index (χ3n) is 1.67. The molecule has 3 heteroatoms. The van der Waals surface area contributed by atoms with Crippen LogP contribution in [0.1, 0.15) is 19.3 Å². The van der Waals surface area contributed by atoms with Crippen molar-refractivity contribution in [1.82, 2.24) is 0 Å². The minimum absolute atomic E-state index is 0.175. The summed E-state index contributed by atoms with van der Waals surface area (Å²) in [5.74, 6) is 0.175. The Kier molecular flexibility index (Phi) is 2.27. The van der Waals surface area contributed by atoms with Crippen molar-refractivity contribution in [1.29, 1.82) is 5.26 Å². The van der Waals surface area contributed by atoms with Crippen molar-refractivity contribution < 1.29 is 4.84 Å². The van der Waals surface area contributed by atoms with Gasteiger partial charge >= 0.3 is 0 Å². The maximum Gasteiger partial charge on any atom is 0.106 e. The minimum atomic E-state index is 0.175. The molecule has 1 fully saturated rings. The Labute approximate surface area is 60.3 Å². The van der Waals surface area contributed by atoms with Gasteiger partial charge in [0.1, 0.15) is 7.11 Å². The quantitative estimate of drug-likeness (QED) is 0.513. The van der Waals surface area contributed by atoms with Gasteiger partial charge in [-0.25, -0.2) is 0 Å². The molecule has 0 bridgehead atoms. The topological polar surface area (TPSA) is 45.4 Å². The molecule has 1 aliphatic carbocycles. The van der Waals surface area contributed by atoms with Crippen LogP contribution in [-0.2, 0) is 4.84 Å². The molecule has 3 nitrogen and oxygen atoms in total. The van der Waals surface area contributed by atoms with Gasteiger partial charge in [0, 0.05) is 6.42 Å². The fraction of sp³-hybridized carbons (Fsp3) is 0.714. The monoisotopic (exact) mass is 138 g/mol. The molecule has 0 radical (unpaired) electrons. The van der Waals surface area contributed by atoms with E-state index in [1.165, 1.54) is 7.11 Å². The third kappa shape index (κ3) is 1.47. The van der Waals surface area contributed by atoms with Gasteiger partial charge in [-0.15, -0.1) is 0 Å². The molecule has 1 unspecified atom stereocenters. The molecule has 0 spiro atoms. The Hall–Kier alpha value is -1.04. The highest BCUT2D eigenvalue weighted by molar-refractivity contribution is 5.86. The first-order valence-electron chi connectivity index (χ1n) is 3.35. The highest BCUT2D eigenvalue weighted by Gasteiger charge is 2.20. The van der Waals surface area contributed by atoms with Crippen LogP contribution in [0.5, 0.6) is 0 Å². The molecular formula is C7H10N2O. The largest absolute Gasteiger partial charge is 0.399 e. The number of oxime groups is 1. The van der Waals surface area contributed by atoms with Crippen LogP contribution in [0.15, 0.2) is 5.16 Å². The second-order valence-corrected chi connectivity index (χ2v) is 2.41. The van der Waals surface area contributed by atoms with Crippen molar-refractivity contribution in [3.63, 3.8) is 0 Å². The van der Waals surface area contributed by atoms with E-state index >= 15 is 0 Å². The number of hydrogen-bond acceptors (Lipinski definition) is 3. The van der Waals surface area contributed by atoms with E-state index in [2.05, 4.69) is 16.1 Å². The van der Waals surface area contributed by atoms with Gasteiger partial charge in [0.25, 0.3) is 0 Å². The van der Waals surface area contributed by atoms with E-state index in [1.807, 2.05) is 0 Å². The van der Waals surface area contributed by atoms with Crippen LogP contribution in [0.2, 0.25) is 0 Å². The molecule has 0 N–H and O–H groups in total. The van der Waals surface area contributed by atoms with Crippen LogP contribution in [0.3, 0.4) is 0 Å². The van der Waals surface area contributed by atoms with Crippen LogP contribution in [0, 0.1) is 17.2 Å². The van der Waals surface area contributed by atoms with Gasteiger partial charge in [-0.2, -0.15) is 5.26 Å².